The number of rotatable bonds is 6. The van der Waals surface area contributed by atoms with Crippen LogP contribution in [0.25, 0.3) is 0 Å². The summed E-state index contributed by atoms with van der Waals surface area (Å²) in [7, 11) is 3.33. The van der Waals surface area contributed by atoms with E-state index in [1.165, 1.54) is 35.2 Å². The van der Waals surface area contributed by atoms with Gasteiger partial charge in [0.15, 0.2) is 0 Å². The Morgan fingerprint density at radius 2 is 1.75 bits per heavy atom. The number of hydrogen-bond donors (Lipinski definition) is 0. The first-order valence-electron chi connectivity index (χ1n) is 7.31. The second kappa shape index (κ2) is 7.65. The lowest BCUT2D eigenvalue weighted by atomic mass is 10.2. The molecule has 0 saturated heterocycles. The van der Waals surface area contributed by atoms with Crippen molar-refractivity contribution in [2.24, 2.45) is 0 Å². The van der Waals surface area contributed by atoms with Crippen molar-refractivity contribution in [2.75, 3.05) is 25.5 Å². The third-order valence-electron chi connectivity index (χ3n) is 3.63. The molecule has 1 amide bonds. The zero-order chi connectivity index (χ0) is 17.7. The van der Waals surface area contributed by atoms with E-state index in [2.05, 4.69) is 0 Å². The minimum absolute atomic E-state index is 0.0312. The molecular formula is C17H18FN3O3. The molecule has 0 fully saturated rings. The number of carbonyl (C=O) groups is 1. The van der Waals surface area contributed by atoms with Crippen LogP contribution in [-0.2, 0) is 11.3 Å². The molecule has 0 unspecified atom stereocenters. The fourth-order valence-corrected chi connectivity index (χ4v) is 2.25. The maximum atomic E-state index is 13.6. The number of halogens is 1. The molecule has 6 nitrogen and oxygen atoms in total. The van der Waals surface area contributed by atoms with E-state index in [-0.39, 0.29) is 24.0 Å². The van der Waals surface area contributed by atoms with Gasteiger partial charge in [-0.05, 0) is 25.2 Å². The number of anilines is 1. The smallest absolute Gasteiger partial charge is 0.269 e. The number of non-ortho nitro benzene ring substituents is 1. The molecule has 0 aliphatic carbocycles. The predicted octanol–water partition coefficient (Wildman–Crippen LogP) is 2.83. The van der Waals surface area contributed by atoms with Crippen LogP contribution in [0, 0.1) is 15.9 Å². The van der Waals surface area contributed by atoms with Crippen LogP contribution in [0.3, 0.4) is 0 Å². The van der Waals surface area contributed by atoms with Gasteiger partial charge in [-0.15, -0.1) is 0 Å². The lowest BCUT2D eigenvalue weighted by Gasteiger charge is -2.22. The molecule has 0 spiro atoms. The molecule has 126 valence electrons. The van der Waals surface area contributed by atoms with Gasteiger partial charge in [0.1, 0.15) is 5.82 Å². The van der Waals surface area contributed by atoms with Crippen molar-refractivity contribution in [1.29, 1.82) is 0 Å². The number of amides is 1. The van der Waals surface area contributed by atoms with Gasteiger partial charge in [-0.1, -0.05) is 18.2 Å². The quantitative estimate of drug-likeness (QED) is 0.603. The molecule has 0 aliphatic rings. The normalized spacial score (nSPS) is 10.7. The average molecular weight is 331 g/mol. The van der Waals surface area contributed by atoms with Crippen molar-refractivity contribution in [3.8, 4) is 0 Å². The molecule has 0 aliphatic heterocycles. The Bertz CT molecular complexity index is 734. The number of benzene rings is 2. The summed E-state index contributed by atoms with van der Waals surface area (Å²) in [5.41, 5.74) is 1.05. The Labute approximate surface area is 139 Å². The summed E-state index contributed by atoms with van der Waals surface area (Å²) in [6.07, 6.45) is 0. The molecule has 0 bridgehead atoms. The number of carbonyl (C=O) groups excluding carboxylic acids is 1. The molecule has 2 aromatic carbocycles. The highest BCUT2D eigenvalue weighted by Gasteiger charge is 2.15. The average Bonchev–Trinajstić information content (AvgIpc) is 2.56. The standard InChI is InChI=1S/C17H18FN3O3/c1-19(11-13-5-3-4-6-16(13)18)12-17(22)20(2)14-7-9-15(10-8-14)21(23)24/h3-10H,11-12H2,1-2H3. The zero-order valence-corrected chi connectivity index (χ0v) is 13.5. The molecule has 0 radical (unpaired) electrons. The van der Waals surface area contributed by atoms with E-state index in [1.54, 1.807) is 37.2 Å². The van der Waals surface area contributed by atoms with Gasteiger partial charge < -0.3 is 4.90 Å². The second-order valence-corrected chi connectivity index (χ2v) is 5.49. The van der Waals surface area contributed by atoms with Crippen LogP contribution in [0.4, 0.5) is 15.8 Å². The van der Waals surface area contributed by atoms with E-state index in [1.807, 2.05) is 0 Å². The lowest BCUT2D eigenvalue weighted by Crippen LogP contribution is -2.36. The fourth-order valence-electron chi connectivity index (χ4n) is 2.25. The van der Waals surface area contributed by atoms with E-state index in [4.69, 9.17) is 0 Å². The number of nitrogens with zero attached hydrogens (tertiary/aromatic N) is 3. The third-order valence-corrected chi connectivity index (χ3v) is 3.63. The van der Waals surface area contributed by atoms with Crippen molar-refractivity contribution in [3.63, 3.8) is 0 Å². The minimum Gasteiger partial charge on any atom is -0.314 e. The summed E-state index contributed by atoms with van der Waals surface area (Å²) in [5.74, 6) is -0.497. The van der Waals surface area contributed by atoms with Gasteiger partial charge in [0, 0.05) is 37.0 Å². The van der Waals surface area contributed by atoms with Crippen molar-refractivity contribution < 1.29 is 14.1 Å². The first-order valence-corrected chi connectivity index (χ1v) is 7.31. The fraction of sp³-hybridized carbons (Fsp3) is 0.235. The van der Waals surface area contributed by atoms with Gasteiger partial charge in [-0.3, -0.25) is 19.8 Å². The van der Waals surface area contributed by atoms with E-state index in [0.29, 0.717) is 17.8 Å². The summed E-state index contributed by atoms with van der Waals surface area (Å²) < 4.78 is 13.6. The van der Waals surface area contributed by atoms with Crippen LogP contribution in [0.2, 0.25) is 0 Å². The summed E-state index contributed by atoms with van der Waals surface area (Å²) >= 11 is 0. The molecule has 0 saturated carbocycles. The van der Waals surface area contributed by atoms with E-state index >= 15 is 0 Å². The Morgan fingerprint density at radius 3 is 2.33 bits per heavy atom. The maximum Gasteiger partial charge on any atom is 0.269 e. The van der Waals surface area contributed by atoms with Gasteiger partial charge >= 0.3 is 0 Å². The third kappa shape index (κ3) is 4.36. The zero-order valence-electron chi connectivity index (χ0n) is 13.5. The Balaban J connectivity index is 1.98. The summed E-state index contributed by atoms with van der Waals surface area (Å²) in [4.78, 5) is 25.6. The highest BCUT2D eigenvalue weighted by molar-refractivity contribution is 5.94. The van der Waals surface area contributed by atoms with Crippen molar-refractivity contribution >= 4 is 17.3 Å². The van der Waals surface area contributed by atoms with Crippen LogP contribution in [-0.4, -0.2) is 36.4 Å². The summed E-state index contributed by atoms with van der Waals surface area (Å²) in [6, 6.07) is 12.2. The van der Waals surface area contributed by atoms with Gasteiger partial charge in [0.25, 0.3) is 5.69 Å². The van der Waals surface area contributed by atoms with Gasteiger partial charge in [-0.25, -0.2) is 4.39 Å². The molecule has 0 N–H and O–H groups in total. The summed E-state index contributed by atoms with van der Waals surface area (Å²) in [5, 5.41) is 10.7. The van der Waals surface area contributed by atoms with Crippen molar-refractivity contribution in [3.05, 3.63) is 70.0 Å². The summed E-state index contributed by atoms with van der Waals surface area (Å²) in [6.45, 7) is 0.411. The molecule has 7 heteroatoms. The number of likely N-dealkylation sites (N-methyl/N-ethyl adjacent to an activating group) is 2. The second-order valence-electron chi connectivity index (χ2n) is 5.49. The highest BCUT2D eigenvalue weighted by atomic mass is 19.1. The Hall–Kier alpha value is -2.80. The molecule has 24 heavy (non-hydrogen) atoms. The van der Waals surface area contributed by atoms with E-state index in [9.17, 15) is 19.3 Å². The number of hydrogen-bond acceptors (Lipinski definition) is 4. The van der Waals surface area contributed by atoms with Gasteiger partial charge in [-0.2, -0.15) is 0 Å². The predicted molar refractivity (Wildman–Crippen MR) is 89.2 cm³/mol. The van der Waals surface area contributed by atoms with Crippen LogP contribution in [0.15, 0.2) is 48.5 Å². The van der Waals surface area contributed by atoms with Gasteiger partial charge in [0.05, 0.1) is 11.5 Å². The Kier molecular flexibility index (Phi) is 5.59. The Morgan fingerprint density at radius 1 is 1.12 bits per heavy atom. The first kappa shape index (κ1) is 17.6. The van der Waals surface area contributed by atoms with Crippen LogP contribution >= 0.6 is 0 Å². The number of nitro benzene ring substituents is 1. The lowest BCUT2D eigenvalue weighted by molar-refractivity contribution is -0.384. The largest absolute Gasteiger partial charge is 0.314 e. The van der Waals surface area contributed by atoms with E-state index < -0.39 is 4.92 Å². The highest BCUT2D eigenvalue weighted by Crippen LogP contribution is 2.18. The maximum absolute atomic E-state index is 13.6. The minimum atomic E-state index is -0.492. The van der Waals surface area contributed by atoms with Crippen molar-refractivity contribution in [2.45, 2.75) is 6.54 Å². The number of nitro groups is 1. The molecule has 0 atom stereocenters. The van der Waals surface area contributed by atoms with E-state index in [0.717, 1.165) is 0 Å². The molecular weight excluding hydrogens is 313 g/mol. The van der Waals surface area contributed by atoms with Crippen LogP contribution < -0.4 is 4.90 Å². The topological polar surface area (TPSA) is 66.7 Å². The molecule has 2 rings (SSSR count). The van der Waals surface area contributed by atoms with Crippen molar-refractivity contribution in [1.82, 2.24) is 4.90 Å². The van der Waals surface area contributed by atoms with Crippen LogP contribution in [0.1, 0.15) is 5.56 Å². The monoisotopic (exact) mass is 331 g/mol. The SMILES string of the molecule is CN(CC(=O)N(C)c1ccc([N+](=O)[O-])cc1)Cc1ccccc1F. The molecule has 0 aromatic heterocycles. The van der Waals surface area contributed by atoms with Gasteiger partial charge in [0.2, 0.25) is 5.91 Å². The molecule has 0 heterocycles. The molecule has 2 aromatic rings. The first-order chi connectivity index (χ1) is 11.4. The van der Waals surface area contributed by atoms with Crippen LogP contribution in [0.5, 0.6) is 0 Å².